The summed E-state index contributed by atoms with van der Waals surface area (Å²) in [5.74, 6) is -0.113. The zero-order chi connectivity index (χ0) is 28.7. The van der Waals surface area contributed by atoms with Gasteiger partial charge in [-0.15, -0.1) is 0 Å². The lowest BCUT2D eigenvalue weighted by Crippen LogP contribution is -2.11. The molecule has 3 rings (SSSR count). The highest BCUT2D eigenvalue weighted by molar-refractivity contribution is 5.89. The average molecular weight is 543 g/mol. The number of esters is 3. The average Bonchev–Trinajstić information content (AvgIpc) is 2.98. The number of aliphatic hydroxyl groups excluding tert-OH is 1. The van der Waals surface area contributed by atoms with Crippen LogP contribution in [0.25, 0.3) is 17.2 Å². The van der Waals surface area contributed by atoms with E-state index in [2.05, 4.69) is 13.2 Å². The SMILES string of the molecule is C=CC(=O)Oc1ccc(-c2ccc(OC(=O)/C=C/c3ccc(OCCCCOC(=O)C(=C)CO)cc3)cc2)cc1. The van der Waals surface area contributed by atoms with Gasteiger partial charge in [0.05, 0.1) is 25.4 Å². The van der Waals surface area contributed by atoms with Crippen molar-refractivity contribution in [2.75, 3.05) is 19.8 Å². The first-order valence-corrected chi connectivity index (χ1v) is 12.5. The highest BCUT2D eigenvalue weighted by Crippen LogP contribution is 2.25. The molecule has 0 aliphatic carbocycles. The monoisotopic (exact) mass is 542 g/mol. The predicted molar refractivity (Wildman–Crippen MR) is 151 cm³/mol. The van der Waals surface area contributed by atoms with Gasteiger partial charge in [0.1, 0.15) is 17.2 Å². The van der Waals surface area contributed by atoms with Gasteiger partial charge in [-0.1, -0.05) is 49.6 Å². The van der Waals surface area contributed by atoms with Gasteiger partial charge in [-0.2, -0.15) is 0 Å². The summed E-state index contributed by atoms with van der Waals surface area (Å²) in [5.41, 5.74) is 2.66. The molecular formula is C32H30O8. The molecule has 0 bridgehead atoms. The zero-order valence-corrected chi connectivity index (χ0v) is 21.9. The van der Waals surface area contributed by atoms with Crippen molar-refractivity contribution in [1.29, 1.82) is 0 Å². The first-order valence-electron chi connectivity index (χ1n) is 12.5. The molecule has 0 spiro atoms. The molecule has 0 radical (unpaired) electrons. The maximum Gasteiger partial charge on any atom is 0.336 e. The van der Waals surface area contributed by atoms with Crippen molar-refractivity contribution in [3.63, 3.8) is 0 Å². The van der Waals surface area contributed by atoms with Gasteiger partial charge in [0.2, 0.25) is 0 Å². The van der Waals surface area contributed by atoms with Crippen LogP contribution in [-0.4, -0.2) is 42.8 Å². The highest BCUT2D eigenvalue weighted by atomic mass is 16.5. The molecule has 1 N–H and O–H groups in total. The molecule has 0 saturated heterocycles. The number of hydrogen-bond acceptors (Lipinski definition) is 8. The van der Waals surface area contributed by atoms with Gasteiger partial charge in [-0.05, 0) is 72.0 Å². The quantitative estimate of drug-likeness (QED) is 0.126. The summed E-state index contributed by atoms with van der Waals surface area (Å²) in [4.78, 5) is 34.9. The second kappa shape index (κ2) is 15.5. The van der Waals surface area contributed by atoms with Crippen molar-refractivity contribution in [2.24, 2.45) is 0 Å². The molecule has 3 aromatic carbocycles. The van der Waals surface area contributed by atoms with Gasteiger partial charge in [0, 0.05) is 12.2 Å². The van der Waals surface area contributed by atoms with Crippen molar-refractivity contribution in [2.45, 2.75) is 12.8 Å². The summed E-state index contributed by atoms with van der Waals surface area (Å²) in [7, 11) is 0. The molecule has 0 unspecified atom stereocenters. The van der Waals surface area contributed by atoms with E-state index in [0.717, 1.165) is 22.8 Å². The molecule has 40 heavy (non-hydrogen) atoms. The van der Waals surface area contributed by atoms with Crippen molar-refractivity contribution >= 4 is 24.0 Å². The van der Waals surface area contributed by atoms with Crippen LogP contribution in [-0.2, 0) is 19.1 Å². The number of benzene rings is 3. The Morgan fingerprint density at radius 3 is 1.80 bits per heavy atom. The van der Waals surface area contributed by atoms with Crippen molar-refractivity contribution in [3.8, 4) is 28.4 Å². The van der Waals surface area contributed by atoms with Gasteiger partial charge < -0.3 is 24.1 Å². The molecule has 206 valence electrons. The Hall–Kier alpha value is -4.95. The van der Waals surface area contributed by atoms with Gasteiger partial charge in [0.25, 0.3) is 0 Å². The van der Waals surface area contributed by atoms with E-state index in [-0.39, 0.29) is 12.2 Å². The first kappa shape index (κ1) is 29.6. The van der Waals surface area contributed by atoms with Crippen molar-refractivity contribution in [1.82, 2.24) is 0 Å². The van der Waals surface area contributed by atoms with E-state index in [1.54, 1.807) is 42.5 Å². The Bertz CT molecular complexity index is 1340. The van der Waals surface area contributed by atoms with Crippen LogP contribution < -0.4 is 14.2 Å². The second-order valence-corrected chi connectivity index (χ2v) is 8.45. The fraction of sp³-hybridized carbons (Fsp3) is 0.156. The third-order valence-electron chi connectivity index (χ3n) is 5.46. The van der Waals surface area contributed by atoms with Crippen LogP contribution in [0.4, 0.5) is 0 Å². The van der Waals surface area contributed by atoms with E-state index in [1.165, 1.54) is 6.08 Å². The minimum absolute atomic E-state index is 0.0309. The highest BCUT2D eigenvalue weighted by Gasteiger charge is 2.07. The minimum atomic E-state index is -0.594. The Morgan fingerprint density at radius 1 is 0.725 bits per heavy atom. The van der Waals surface area contributed by atoms with Crippen LogP contribution in [0.15, 0.2) is 104 Å². The van der Waals surface area contributed by atoms with Crippen molar-refractivity contribution < 1.29 is 38.4 Å². The van der Waals surface area contributed by atoms with Crippen LogP contribution in [0.1, 0.15) is 18.4 Å². The van der Waals surface area contributed by atoms with Crippen molar-refractivity contribution in [3.05, 3.63) is 109 Å². The lowest BCUT2D eigenvalue weighted by Gasteiger charge is -2.07. The van der Waals surface area contributed by atoms with Gasteiger partial charge in [-0.3, -0.25) is 0 Å². The molecule has 0 atom stereocenters. The topological polar surface area (TPSA) is 108 Å². The smallest absolute Gasteiger partial charge is 0.336 e. The molecule has 0 aliphatic heterocycles. The molecule has 3 aromatic rings. The summed E-state index contributed by atoms with van der Waals surface area (Å²) in [5, 5.41) is 8.82. The van der Waals surface area contributed by atoms with E-state index < -0.39 is 24.5 Å². The maximum atomic E-state index is 12.3. The van der Waals surface area contributed by atoms with E-state index in [1.807, 2.05) is 36.4 Å². The molecule has 0 saturated carbocycles. The Labute approximate surface area is 232 Å². The molecular weight excluding hydrogens is 512 g/mol. The maximum absolute atomic E-state index is 12.3. The van der Waals surface area contributed by atoms with Crippen LogP contribution in [0.5, 0.6) is 17.2 Å². The lowest BCUT2D eigenvalue weighted by atomic mass is 10.1. The molecule has 0 aromatic heterocycles. The normalized spacial score (nSPS) is 10.5. The molecule has 8 nitrogen and oxygen atoms in total. The Morgan fingerprint density at radius 2 is 1.25 bits per heavy atom. The summed E-state index contributed by atoms with van der Waals surface area (Å²) >= 11 is 0. The molecule has 0 heterocycles. The van der Waals surface area contributed by atoms with E-state index in [4.69, 9.17) is 24.1 Å². The number of hydrogen-bond donors (Lipinski definition) is 1. The van der Waals surface area contributed by atoms with Crippen LogP contribution in [0, 0.1) is 0 Å². The summed E-state index contributed by atoms with van der Waals surface area (Å²) in [6.07, 6.45) is 5.41. The standard InChI is InChI=1S/C32H30O8/c1-3-30(34)39-28-15-9-25(10-16-28)26-11-17-29(18-12-26)40-31(35)19-8-24-6-13-27(14-7-24)37-20-4-5-21-38-32(36)23(2)22-33/h3,6-19,33H,1-2,4-5,20-22H2/b19-8+. The van der Waals surface area contributed by atoms with Gasteiger partial charge >= 0.3 is 17.9 Å². The lowest BCUT2D eigenvalue weighted by molar-refractivity contribution is -0.139. The number of carbonyl (C=O) groups is 3. The number of aliphatic hydroxyl groups is 1. The first-order chi connectivity index (χ1) is 19.4. The number of ether oxygens (including phenoxy) is 4. The molecule has 0 fully saturated rings. The number of carbonyl (C=O) groups excluding carboxylic acids is 3. The Balaban J connectivity index is 1.40. The largest absolute Gasteiger partial charge is 0.494 e. The van der Waals surface area contributed by atoms with E-state index >= 15 is 0 Å². The van der Waals surface area contributed by atoms with Crippen LogP contribution >= 0.6 is 0 Å². The number of unbranched alkanes of at least 4 members (excludes halogenated alkanes) is 1. The van der Waals surface area contributed by atoms with Gasteiger partial charge in [-0.25, -0.2) is 14.4 Å². The second-order valence-electron chi connectivity index (χ2n) is 8.45. The summed E-state index contributed by atoms with van der Waals surface area (Å²) in [6, 6.07) is 21.3. The van der Waals surface area contributed by atoms with Gasteiger partial charge in [0.15, 0.2) is 0 Å². The fourth-order valence-corrected chi connectivity index (χ4v) is 3.30. The molecule has 0 amide bonds. The number of rotatable bonds is 14. The molecule has 0 aliphatic rings. The van der Waals surface area contributed by atoms with Crippen LogP contribution in [0.2, 0.25) is 0 Å². The third-order valence-corrected chi connectivity index (χ3v) is 5.46. The molecule has 8 heteroatoms. The minimum Gasteiger partial charge on any atom is -0.494 e. The van der Waals surface area contributed by atoms with E-state index in [0.29, 0.717) is 36.7 Å². The third kappa shape index (κ3) is 9.74. The van der Waals surface area contributed by atoms with E-state index in [9.17, 15) is 14.4 Å². The summed E-state index contributed by atoms with van der Waals surface area (Å²) in [6.45, 7) is 7.04. The summed E-state index contributed by atoms with van der Waals surface area (Å²) < 4.78 is 21.1. The zero-order valence-electron chi connectivity index (χ0n) is 21.9. The van der Waals surface area contributed by atoms with Crippen LogP contribution in [0.3, 0.4) is 0 Å². The predicted octanol–water partition coefficient (Wildman–Crippen LogP) is 5.31. The Kier molecular flexibility index (Phi) is 11.4. The fourth-order valence-electron chi connectivity index (χ4n) is 3.30.